The predicted molar refractivity (Wildman–Crippen MR) is 148 cm³/mol. The van der Waals surface area contributed by atoms with Crippen LogP contribution in [0.1, 0.15) is 40.0 Å². The van der Waals surface area contributed by atoms with Crippen LogP contribution in [0.4, 0.5) is 11.4 Å². The molecular formula is C30H27N3O3S. The Balaban J connectivity index is 1.64. The van der Waals surface area contributed by atoms with Gasteiger partial charge in [-0.05, 0) is 53.8 Å². The van der Waals surface area contributed by atoms with E-state index in [4.69, 9.17) is 4.98 Å². The van der Waals surface area contributed by atoms with Crippen LogP contribution < -0.4 is 4.90 Å². The molecule has 1 N–H and O–H groups in total. The number of nitrogens with zero attached hydrogens (tertiary/aromatic N) is 3. The first-order chi connectivity index (χ1) is 18.0. The van der Waals surface area contributed by atoms with E-state index in [1.54, 1.807) is 4.57 Å². The molecule has 37 heavy (non-hydrogen) atoms. The summed E-state index contributed by atoms with van der Waals surface area (Å²) in [6, 6.07) is 27.4. The standard InChI is InChI=1S/C30H27N3O3S/c1-2-9-28-31-24-18-22(15-16-26(24)33(28)20-29(34)35)32(19-21-10-4-3-5-11-21)25-13-7-6-12-23(25)30(36)27-14-8-17-37-27/h3-8,10-18H,2,9,19-20H2,1H3,(H,34,35). The van der Waals surface area contributed by atoms with Crippen LogP contribution in [0.3, 0.4) is 0 Å². The van der Waals surface area contributed by atoms with Crippen molar-refractivity contribution in [2.45, 2.75) is 32.9 Å². The van der Waals surface area contributed by atoms with Crippen LogP contribution in [0.5, 0.6) is 0 Å². The maximum absolute atomic E-state index is 13.5. The van der Waals surface area contributed by atoms with E-state index in [1.807, 2.05) is 78.2 Å². The molecule has 0 atom stereocenters. The smallest absolute Gasteiger partial charge is 0.323 e. The fourth-order valence-corrected chi connectivity index (χ4v) is 5.26. The minimum absolute atomic E-state index is 0.0132. The second kappa shape index (κ2) is 10.8. The molecule has 0 amide bonds. The summed E-state index contributed by atoms with van der Waals surface area (Å²) >= 11 is 1.43. The second-order valence-electron chi connectivity index (χ2n) is 8.83. The highest BCUT2D eigenvalue weighted by atomic mass is 32.1. The Morgan fingerprint density at radius 1 is 0.973 bits per heavy atom. The van der Waals surface area contributed by atoms with E-state index in [0.29, 0.717) is 23.4 Å². The molecule has 5 aromatic rings. The molecule has 186 valence electrons. The topological polar surface area (TPSA) is 75.4 Å². The molecule has 6 nitrogen and oxygen atoms in total. The molecule has 0 saturated carbocycles. The summed E-state index contributed by atoms with van der Waals surface area (Å²) in [6.45, 7) is 2.48. The summed E-state index contributed by atoms with van der Waals surface area (Å²) < 4.78 is 1.78. The lowest BCUT2D eigenvalue weighted by molar-refractivity contribution is -0.137. The number of para-hydroxylation sites is 1. The number of fused-ring (bicyclic) bond motifs is 1. The first kappa shape index (κ1) is 24.5. The Bertz CT molecular complexity index is 1540. The van der Waals surface area contributed by atoms with Gasteiger partial charge in [-0.2, -0.15) is 0 Å². The van der Waals surface area contributed by atoms with Crippen LogP contribution >= 0.6 is 11.3 Å². The van der Waals surface area contributed by atoms with Crippen molar-refractivity contribution in [2.24, 2.45) is 0 Å². The van der Waals surface area contributed by atoms with Crippen molar-refractivity contribution in [1.82, 2.24) is 9.55 Å². The van der Waals surface area contributed by atoms with Crippen LogP contribution in [0, 0.1) is 0 Å². The van der Waals surface area contributed by atoms with E-state index in [9.17, 15) is 14.7 Å². The minimum Gasteiger partial charge on any atom is -0.480 e. The number of imidazole rings is 1. The van der Waals surface area contributed by atoms with Crippen molar-refractivity contribution in [1.29, 1.82) is 0 Å². The van der Waals surface area contributed by atoms with Gasteiger partial charge in [0.1, 0.15) is 12.4 Å². The van der Waals surface area contributed by atoms with Gasteiger partial charge in [-0.25, -0.2) is 4.98 Å². The maximum Gasteiger partial charge on any atom is 0.323 e. The number of hydrogen-bond donors (Lipinski definition) is 1. The third-order valence-corrected chi connectivity index (χ3v) is 7.13. The van der Waals surface area contributed by atoms with Crippen molar-refractivity contribution < 1.29 is 14.7 Å². The number of rotatable bonds is 10. The van der Waals surface area contributed by atoms with E-state index in [1.165, 1.54) is 11.3 Å². The fourth-order valence-electron chi connectivity index (χ4n) is 4.59. The number of anilines is 2. The number of benzene rings is 3. The summed E-state index contributed by atoms with van der Waals surface area (Å²) in [6.07, 6.45) is 1.57. The lowest BCUT2D eigenvalue weighted by Crippen LogP contribution is -2.19. The first-order valence-corrected chi connectivity index (χ1v) is 13.1. The maximum atomic E-state index is 13.5. The van der Waals surface area contributed by atoms with Crippen molar-refractivity contribution in [3.63, 3.8) is 0 Å². The van der Waals surface area contributed by atoms with Crippen molar-refractivity contribution >= 4 is 45.5 Å². The Labute approximate surface area is 219 Å². The fraction of sp³-hybridized carbons (Fsp3) is 0.167. The Hall–Kier alpha value is -4.23. The molecule has 2 heterocycles. The molecular weight excluding hydrogens is 482 g/mol. The zero-order valence-electron chi connectivity index (χ0n) is 20.5. The van der Waals surface area contributed by atoms with E-state index in [2.05, 4.69) is 24.0 Å². The first-order valence-electron chi connectivity index (χ1n) is 12.2. The average molecular weight is 510 g/mol. The second-order valence-corrected chi connectivity index (χ2v) is 9.77. The predicted octanol–water partition coefficient (Wildman–Crippen LogP) is 6.70. The molecule has 0 radical (unpaired) electrons. The summed E-state index contributed by atoms with van der Waals surface area (Å²) in [5, 5.41) is 11.4. The van der Waals surface area contributed by atoms with Gasteiger partial charge in [0.15, 0.2) is 0 Å². The van der Waals surface area contributed by atoms with Gasteiger partial charge in [0, 0.05) is 24.2 Å². The minimum atomic E-state index is -0.896. The molecule has 0 saturated heterocycles. The summed E-state index contributed by atoms with van der Waals surface area (Å²) in [5.74, 6) is -0.145. The quantitative estimate of drug-likeness (QED) is 0.212. The van der Waals surface area contributed by atoms with Gasteiger partial charge in [0.05, 0.1) is 21.6 Å². The van der Waals surface area contributed by atoms with E-state index >= 15 is 0 Å². The van der Waals surface area contributed by atoms with Gasteiger partial charge in [0.25, 0.3) is 0 Å². The van der Waals surface area contributed by atoms with Gasteiger partial charge in [-0.1, -0.05) is 55.5 Å². The van der Waals surface area contributed by atoms with Crippen LogP contribution in [0.15, 0.2) is 90.3 Å². The molecule has 7 heteroatoms. The van der Waals surface area contributed by atoms with Gasteiger partial charge in [0.2, 0.25) is 5.78 Å². The number of aryl methyl sites for hydroxylation is 1. The number of aromatic nitrogens is 2. The highest BCUT2D eigenvalue weighted by Gasteiger charge is 2.21. The largest absolute Gasteiger partial charge is 0.480 e. The average Bonchev–Trinajstić information content (AvgIpc) is 3.56. The SMILES string of the molecule is CCCc1nc2cc(N(Cc3ccccc3)c3ccccc3C(=O)c3cccs3)ccc2n1CC(=O)O. The zero-order valence-corrected chi connectivity index (χ0v) is 21.3. The van der Waals surface area contributed by atoms with Crippen LogP contribution in [0.25, 0.3) is 11.0 Å². The Kier molecular flexibility index (Phi) is 7.14. The zero-order chi connectivity index (χ0) is 25.8. The highest BCUT2D eigenvalue weighted by Crippen LogP contribution is 2.34. The van der Waals surface area contributed by atoms with Gasteiger partial charge < -0.3 is 14.6 Å². The normalized spacial score (nSPS) is 11.1. The number of carbonyl (C=O) groups is 2. The number of carbonyl (C=O) groups excluding carboxylic acids is 1. The number of thiophene rings is 1. The number of ketones is 1. The molecule has 0 unspecified atom stereocenters. The van der Waals surface area contributed by atoms with E-state index < -0.39 is 5.97 Å². The molecule has 5 rings (SSSR count). The van der Waals surface area contributed by atoms with Crippen LogP contribution in [-0.2, 0) is 24.3 Å². The van der Waals surface area contributed by atoms with Crippen LogP contribution in [-0.4, -0.2) is 26.4 Å². The Morgan fingerprint density at radius 2 is 1.76 bits per heavy atom. The number of carboxylic acids is 1. The van der Waals surface area contributed by atoms with Crippen molar-refractivity contribution in [3.8, 4) is 0 Å². The Morgan fingerprint density at radius 3 is 2.49 bits per heavy atom. The van der Waals surface area contributed by atoms with Crippen molar-refractivity contribution in [2.75, 3.05) is 4.90 Å². The lowest BCUT2D eigenvalue weighted by atomic mass is 10.0. The molecule has 0 bridgehead atoms. The van der Waals surface area contributed by atoms with Gasteiger partial charge in [-0.3, -0.25) is 9.59 Å². The summed E-state index contributed by atoms with van der Waals surface area (Å²) in [4.78, 5) is 32.6. The summed E-state index contributed by atoms with van der Waals surface area (Å²) in [7, 11) is 0. The third kappa shape index (κ3) is 5.17. The van der Waals surface area contributed by atoms with Crippen molar-refractivity contribution in [3.05, 3.63) is 112 Å². The molecule has 0 spiro atoms. The van der Waals surface area contributed by atoms with Crippen LogP contribution in [0.2, 0.25) is 0 Å². The molecule has 0 aliphatic heterocycles. The van der Waals surface area contributed by atoms with Gasteiger partial charge >= 0.3 is 5.97 Å². The third-order valence-electron chi connectivity index (χ3n) is 6.26. The van der Waals surface area contributed by atoms with E-state index in [0.717, 1.165) is 40.2 Å². The van der Waals surface area contributed by atoms with E-state index in [-0.39, 0.29) is 12.3 Å². The summed E-state index contributed by atoms with van der Waals surface area (Å²) in [5.41, 5.74) is 4.95. The molecule has 2 aromatic heterocycles. The molecule has 0 aliphatic carbocycles. The van der Waals surface area contributed by atoms with Gasteiger partial charge in [-0.15, -0.1) is 11.3 Å². The molecule has 3 aromatic carbocycles. The number of hydrogen-bond acceptors (Lipinski definition) is 5. The monoisotopic (exact) mass is 509 g/mol. The number of carboxylic acid groups (broad SMARTS) is 1. The number of aliphatic carboxylic acids is 1. The highest BCUT2D eigenvalue weighted by molar-refractivity contribution is 7.12. The molecule has 0 aliphatic rings. The lowest BCUT2D eigenvalue weighted by Gasteiger charge is -2.27. The molecule has 0 fully saturated rings.